The van der Waals surface area contributed by atoms with Crippen molar-refractivity contribution in [2.75, 3.05) is 13.2 Å². The Morgan fingerprint density at radius 1 is 0.321 bits per heavy atom. The van der Waals surface area contributed by atoms with Crippen molar-refractivity contribution in [1.82, 2.24) is 0 Å². The summed E-state index contributed by atoms with van der Waals surface area (Å²) in [5.41, 5.74) is 6.15. The number of rotatable bonds is 34. The Balaban J connectivity index is 1.22. The quantitative estimate of drug-likeness (QED) is 0.0571. The standard InChI is InChI=1S/C51H80O2/c1-4-6-8-10-12-14-16-18-20-22-24-26-28-30-42-52-50-39-36-47(37-40-50)46-32-34-48(35-33-46)49-38-41-51(45(3)44-49)53-43-31-29-27-25-23-21-19-17-15-13-11-9-7-5-2/h32-41,44H,4-31,42-43H2,1-3H3. The molecule has 0 aliphatic rings. The predicted molar refractivity (Wildman–Crippen MR) is 234 cm³/mol. The van der Waals surface area contributed by atoms with Crippen LogP contribution >= 0.6 is 0 Å². The first-order chi connectivity index (χ1) is 26.2. The lowest BCUT2D eigenvalue weighted by Crippen LogP contribution is -1.99. The van der Waals surface area contributed by atoms with E-state index >= 15 is 0 Å². The zero-order valence-corrected chi connectivity index (χ0v) is 34.9. The van der Waals surface area contributed by atoms with E-state index in [9.17, 15) is 0 Å². The Morgan fingerprint density at radius 3 is 1.00 bits per heavy atom. The minimum absolute atomic E-state index is 0.814. The Morgan fingerprint density at radius 2 is 0.623 bits per heavy atom. The fourth-order valence-electron chi connectivity index (χ4n) is 7.56. The van der Waals surface area contributed by atoms with Gasteiger partial charge in [0.25, 0.3) is 0 Å². The van der Waals surface area contributed by atoms with E-state index in [1.165, 1.54) is 195 Å². The molecule has 3 aromatic carbocycles. The topological polar surface area (TPSA) is 18.5 Å². The van der Waals surface area contributed by atoms with E-state index in [1.54, 1.807) is 0 Å². The monoisotopic (exact) mass is 725 g/mol. The van der Waals surface area contributed by atoms with Crippen LogP contribution in [-0.4, -0.2) is 13.2 Å². The number of ether oxygens (including phenoxy) is 2. The molecule has 0 aliphatic carbocycles. The molecule has 0 spiro atoms. The fourth-order valence-corrected chi connectivity index (χ4v) is 7.56. The fraction of sp³-hybridized carbons (Fsp3) is 0.647. The van der Waals surface area contributed by atoms with Gasteiger partial charge in [0.1, 0.15) is 11.5 Å². The van der Waals surface area contributed by atoms with Crippen molar-refractivity contribution in [3.63, 3.8) is 0 Å². The molecule has 0 unspecified atom stereocenters. The maximum absolute atomic E-state index is 6.19. The number of benzene rings is 3. The molecular weight excluding hydrogens is 645 g/mol. The largest absolute Gasteiger partial charge is 0.494 e. The third kappa shape index (κ3) is 21.1. The van der Waals surface area contributed by atoms with Crippen molar-refractivity contribution in [1.29, 1.82) is 0 Å². The SMILES string of the molecule is CCCCCCCCCCCCCCCCOc1ccc(-c2ccc(-c3ccc(OCCCCCCCCCCCCCCCC)c(C)c3)cc2)cc1. The van der Waals surface area contributed by atoms with Gasteiger partial charge in [-0.2, -0.15) is 0 Å². The van der Waals surface area contributed by atoms with Gasteiger partial charge in [0.15, 0.2) is 0 Å². The number of hydrogen-bond donors (Lipinski definition) is 0. The molecule has 0 N–H and O–H groups in total. The van der Waals surface area contributed by atoms with Crippen molar-refractivity contribution in [3.8, 4) is 33.8 Å². The van der Waals surface area contributed by atoms with Gasteiger partial charge in [-0.05, 0) is 71.8 Å². The lowest BCUT2D eigenvalue weighted by atomic mass is 9.99. The molecule has 0 saturated carbocycles. The molecular formula is C51H80O2. The molecule has 53 heavy (non-hydrogen) atoms. The molecule has 0 atom stereocenters. The summed E-state index contributed by atoms with van der Waals surface area (Å²) in [5, 5.41) is 0. The van der Waals surface area contributed by atoms with Crippen LogP contribution in [0.2, 0.25) is 0 Å². The smallest absolute Gasteiger partial charge is 0.122 e. The summed E-state index contributed by atoms with van der Waals surface area (Å²) in [5.74, 6) is 1.99. The van der Waals surface area contributed by atoms with Crippen molar-refractivity contribution >= 4 is 0 Å². The predicted octanol–water partition coefficient (Wildman–Crippen LogP) is 17.0. The lowest BCUT2D eigenvalue weighted by molar-refractivity contribution is 0.302. The maximum atomic E-state index is 6.19. The molecule has 0 aromatic heterocycles. The van der Waals surface area contributed by atoms with Gasteiger partial charge in [-0.1, -0.05) is 223 Å². The van der Waals surface area contributed by atoms with Gasteiger partial charge in [-0.25, -0.2) is 0 Å². The summed E-state index contributed by atoms with van der Waals surface area (Å²) in [7, 11) is 0. The van der Waals surface area contributed by atoms with Gasteiger partial charge >= 0.3 is 0 Å². The Bertz CT molecular complexity index is 1260. The average Bonchev–Trinajstić information content (AvgIpc) is 3.18. The molecule has 3 rings (SSSR count). The van der Waals surface area contributed by atoms with E-state index in [0.717, 1.165) is 37.6 Å². The molecule has 2 nitrogen and oxygen atoms in total. The molecule has 0 amide bonds. The molecule has 296 valence electrons. The van der Waals surface area contributed by atoms with Gasteiger partial charge in [0.2, 0.25) is 0 Å². The zero-order valence-electron chi connectivity index (χ0n) is 34.9. The van der Waals surface area contributed by atoms with Crippen LogP contribution in [-0.2, 0) is 0 Å². The molecule has 3 aromatic rings. The van der Waals surface area contributed by atoms with Crippen LogP contribution in [0.4, 0.5) is 0 Å². The van der Waals surface area contributed by atoms with Gasteiger partial charge < -0.3 is 9.47 Å². The summed E-state index contributed by atoms with van der Waals surface area (Å²) in [6.07, 6.45) is 38.7. The van der Waals surface area contributed by atoms with Crippen LogP contribution in [0.25, 0.3) is 22.3 Å². The van der Waals surface area contributed by atoms with Crippen LogP contribution in [0, 0.1) is 6.92 Å². The Kier molecular flexibility index (Phi) is 25.8. The van der Waals surface area contributed by atoms with Crippen LogP contribution in [0.1, 0.15) is 199 Å². The molecule has 0 heterocycles. The van der Waals surface area contributed by atoms with Crippen molar-refractivity contribution < 1.29 is 9.47 Å². The third-order valence-electron chi connectivity index (χ3n) is 11.1. The highest BCUT2D eigenvalue weighted by atomic mass is 16.5. The minimum Gasteiger partial charge on any atom is -0.494 e. The highest BCUT2D eigenvalue weighted by Gasteiger charge is 2.06. The van der Waals surface area contributed by atoms with E-state index in [2.05, 4.69) is 87.5 Å². The molecule has 0 saturated heterocycles. The van der Waals surface area contributed by atoms with E-state index in [0.29, 0.717) is 0 Å². The van der Waals surface area contributed by atoms with Crippen LogP contribution in [0.3, 0.4) is 0 Å². The van der Waals surface area contributed by atoms with Gasteiger partial charge in [-0.3, -0.25) is 0 Å². The normalized spacial score (nSPS) is 11.3. The lowest BCUT2D eigenvalue weighted by Gasteiger charge is -2.12. The summed E-state index contributed by atoms with van der Waals surface area (Å²) in [6, 6.07) is 24.2. The first-order valence-electron chi connectivity index (χ1n) is 22.8. The summed E-state index contributed by atoms with van der Waals surface area (Å²) < 4.78 is 12.3. The first-order valence-corrected chi connectivity index (χ1v) is 22.8. The van der Waals surface area contributed by atoms with Gasteiger partial charge in [0.05, 0.1) is 13.2 Å². The van der Waals surface area contributed by atoms with Gasteiger partial charge in [-0.15, -0.1) is 0 Å². The van der Waals surface area contributed by atoms with E-state index in [4.69, 9.17) is 9.47 Å². The molecule has 0 aliphatic heterocycles. The summed E-state index contributed by atoms with van der Waals surface area (Å²) >= 11 is 0. The van der Waals surface area contributed by atoms with E-state index in [1.807, 2.05) is 0 Å². The summed E-state index contributed by atoms with van der Waals surface area (Å²) in [4.78, 5) is 0. The summed E-state index contributed by atoms with van der Waals surface area (Å²) in [6.45, 7) is 8.39. The van der Waals surface area contributed by atoms with Crippen molar-refractivity contribution in [3.05, 3.63) is 72.3 Å². The van der Waals surface area contributed by atoms with Crippen LogP contribution < -0.4 is 9.47 Å². The maximum Gasteiger partial charge on any atom is 0.122 e. The molecule has 2 heteroatoms. The van der Waals surface area contributed by atoms with Crippen molar-refractivity contribution in [2.45, 2.75) is 201 Å². The number of hydrogen-bond acceptors (Lipinski definition) is 2. The second kappa shape index (κ2) is 30.6. The highest BCUT2D eigenvalue weighted by molar-refractivity contribution is 5.71. The van der Waals surface area contributed by atoms with Crippen molar-refractivity contribution in [2.24, 2.45) is 0 Å². The van der Waals surface area contributed by atoms with E-state index < -0.39 is 0 Å². The molecule has 0 bridgehead atoms. The van der Waals surface area contributed by atoms with Gasteiger partial charge in [0, 0.05) is 0 Å². The number of unbranched alkanes of at least 4 members (excludes halogenated alkanes) is 26. The Labute approximate surface area is 328 Å². The first kappa shape index (κ1) is 44.7. The molecule has 0 radical (unpaired) electrons. The average molecular weight is 725 g/mol. The van der Waals surface area contributed by atoms with Crippen LogP contribution in [0.15, 0.2) is 66.7 Å². The number of aryl methyl sites for hydroxylation is 1. The third-order valence-corrected chi connectivity index (χ3v) is 11.1. The second-order valence-electron chi connectivity index (χ2n) is 16.0. The second-order valence-corrected chi connectivity index (χ2v) is 16.0. The van der Waals surface area contributed by atoms with Crippen LogP contribution in [0.5, 0.6) is 11.5 Å². The minimum atomic E-state index is 0.814. The zero-order chi connectivity index (χ0) is 37.4. The molecule has 0 fully saturated rings. The highest BCUT2D eigenvalue weighted by Crippen LogP contribution is 2.30. The Hall–Kier alpha value is -2.74. The van der Waals surface area contributed by atoms with E-state index in [-0.39, 0.29) is 0 Å².